The number of rotatable bonds is 5. The fraction of sp³-hybridized carbons (Fsp3) is 0.167. The topological polar surface area (TPSA) is 67.0 Å². The number of carbonyl (C=O) groups excluding carboxylic acids is 1. The van der Waals surface area contributed by atoms with Gasteiger partial charge in [-0.3, -0.25) is 9.89 Å². The van der Waals surface area contributed by atoms with Crippen molar-refractivity contribution in [3.8, 4) is 5.75 Å². The summed E-state index contributed by atoms with van der Waals surface area (Å²) >= 11 is 3.24. The SMILES string of the molecule is O=C(NCc1cc(Br)ccc1OC(F)F)c1ccn[nH]1. The molecule has 0 saturated carbocycles. The van der Waals surface area contributed by atoms with E-state index < -0.39 is 6.61 Å². The van der Waals surface area contributed by atoms with Gasteiger partial charge in [0.05, 0.1) is 0 Å². The van der Waals surface area contributed by atoms with Crippen LogP contribution in [-0.4, -0.2) is 22.7 Å². The number of nitrogens with zero attached hydrogens (tertiary/aromatic N) is 1. The lowest BCUT2D eigenvalue weighted by Gasteiger charge is -2.11. The van der Waals surface area contributed by atoms with Crippen LogP contribution in [-0.2, 0) is 6.54 Å². The molecule has 0 unspecified atom stereocenters. The summed E-state index contributed by atoms with van der Waals surface area (Å²) in [6, 6.07) is 6.10. The summed E-state index contributed by atoms with van der Waals surface area (Å²) in [5.74, 6) is -0.362. The lowest BCUT2D eigenvalue weighted by molar-refractivity contribution is -0.0504. The molecule has 5 nitrogen and oxygen atoms in total. The number of halogens is 3. The van der Waals surface area contributed by atoms with Crippen molar-refractivity contribution < 1.29 is 18.3 Å². The van der Waals surface area contributed by atoms with Crippen molar-refractivity contribution >= 4 is 21.8 Å². The highest BCUT2D eigenvalue weighted by atomic mass is 79.9. The van der Waals surface area contributed by atoms with Gasteiger partial charge in [-0.25, -0.2) is 0 Å². The molecule has 1 aromatic heterocycles. The average molecular weight is 346 g/mol. The molecule has 2 rings (SSSR count). The third-order valence-electron chi connectivity index (χ3n) is 2.42. The Morgan fingerprint density at radius 1 is 1.45 bits per heavy atom. The highest BCUT2D eigenvalue weighted by molar-refractivity contribution is 9.10. The van der Waals surface area contributed by atoms with Gasteiger partial charge < -0.3 is 10.1 Å². The molecule has 2 N–H and O–H groups in total. The predicted molar refractivity (Wildman–Crippen MR) is 70.5 cm³/mol. The van der Waals surface area contributed by atoms with Gasteiger partial charge in [-0.1, -0.05) is 15.9 Å². The zero-order chi connectivity index (χ0) is 14.5. The van der Waals surface area contributed by atoms with Crippen LogP contribution >= 0.6 is 15.9 Å². The smallest absolute Gasteiger partial charge is 0.387 e. The van der Waals surface area contributed by atoms with Gasteiger partial charge in [-0.15, -0.1) is 0 Å². The molecule has 20 heavy (non-hydrogen) atoms. The minimum atomic E-state index is -2.92. The fourth-order valence-corrected chi connectivity index (χ4v) is 1.96. The van der Waals surface area contributed by atoms with Crippen molar-refractivity contribution in [2.75, 3.05) is 0 Å². The molecule has 0 aliphatic heterocycles. The van der Waals surface area contributed by atoms with Gasteiger partial charge in [0.1, 0.15) is 11.4 Å². The predicted octanol–water partition coefficient (Wildman–Crippen LogP) is 2.70. The van der Waals surface area contributed by atoms with Crippen molar-refractivity contribution in [1.29, 1.82) is 0 Å². The summed E-state index contributed by atoms with van der Waals surface area (Å²) in [6.45, 7) is -2.86. The molecule has 0 atom stereocenters. The normalized spacial score (nSPS) is 10.6. The number of carbonyl (C=O) groups is 1. The largest absolute Gasteiger partial charge is 0.434 e. The molecule has 1 amide bonds. The van der Waals surface area contributed by atoms with E-state index in [1.54, 1.807) is 12.1 Å². The van der Waals surface area contributed by atoms with E-state index in [2.05, 4.69) is 36.2 Å². The molecule has 0 aliphatic carbocycles. The van der Waals surface area contributed by atoms with Crippen LogP contribution in [0.3, 0.4) is 0 Å². The summed E-state index contributed by atoms with van der Waals surface area (Å²) < 4.78 is 29.7. The molecule has 0 spiro atoms. The zero-order valence-corrected chi connectivity index (χ0v) is 11.7. The van der Waals surface area contributed by atoms with Gasteiger partial charge in [0, 0.05) is 22.8 Å². The molecule has 106 valence electrons. The minimum absolute atomic E-state index is 0.0214. The van der Waals surface area contributed by atoms with Crippen LogP contribution in [0.25, 0.3) is 0 Å². The Morgan fingerprint density at radius 2 is 2.25 bits per heavy atom. The van der Waals surface area contributed by atoms with Crippen LogP contribution < -0.4 is 10.1 Å². The van der Waals surface area contributed by atoms with Gasteiger partial charge in [-0.2, -0.15) is 13.9 Å². The molecular formula is C12H10BrF2N3O2. The van der Waals surface area contributed by atoms with Crippen molar-refractivity contribution in [1.82, 2.24) is 15.5 Å². The van der Waals surface area contributed by atoms with Crippen LogP contribution in [0, 0.1) is 0 Å². The first-order chi connectivity index (χ1) is 9.56. The number of hydrogen-bond donors (Lipinski definition) is 2. The Labute approximate surface area is 121 Å². The summed E-state index contributed by atoms with van der Waals surface area (Å²) in [6.07, 6.45) is 1.44. The van der Waals surface area contributed by atoms with Crippen molar-refractivity contribution in [3.05, 3.63) is 46.2 Å². The number of H-pyrrole nitrogens is 1. The van der Waals surface area contributed by atoms with Crippen LogP contribution in [0.4, 0.5) is 8.78 Å². The van der Waals surface area contributed by atoms with Crippen LogP contribution in [0.2, 0.25) is 0 Å². The lowest BCUT2D eigenvalue weighted by atomic mass is 10.2. The molecule has 2 aromatic rings. The Hall–Kier alpha value is -1.96. The monoisotopic (exact) mass is 345 g/mol. The second-order valence-electron chi connectivity index (χ2n) is 3.78. The molecule has 0 aliphatic rings. The fourth-order valence-electron chi connectivity index (χ4n) is 1.55. The molecule has 0 fully saturated rings. The van der Waals surface area contributed by atoms with Gasteiger partial charge in [0.15, 0.2) is 0 Å². The molecule has 0 saturated heterocycles. The highest BCUT2D eigenvalue weighted by Gasteiger charge is 2.12. The van der Waals surface area contributed by atoms with Gasteiger partial charge in [0.25, 0.3) is 5.91 Å². The maximum absolute atomic E-state index is 12.3. The number of hydrogen-bond acceptors (Lipinski definition) is 3. The molecular weight excluding hydrogens is 336 g/mol. The number of alkyl halides is 2. The quantitative estimate of drug-likeness (QED) is 0.875. The number of amides is 1. The zero-order valence-electron chi connectivity index (χ0n) is 10.1. The van der Waals surface area contributed by atoms with Crippen LogP contribution in [0.1, 0.15) is 16.1 Å². The van der Waals surface area contributed by atoms with Crippen molar-refractivity contribution in [3.63, 3.8) is 0 Å². The maximum Gasteiger partial charge on any atom is 0.387 e. The van der Waals surface area contributed by atoms with Gasteiger partial charge >= 0.3 is 6.61 Å². The van der Waals surface area contributed by atoms with E-state index in [1.165, 1.54) is 18.3 Å². The van der Waals surface area contributed by atoms with Gasteiger partial charge in [-0.05, 0) is 24.3 Å². The number of benzene rings is 1. The first-order valence-corrected chi connectivity index (χ1v) is 6.36. The first-order valence-electron chi connectivity index (χ1n) is 5.57. The molecule has 0 radical (unpaired) electrons. The van der Waals surface area contributed by atoms with E-state index in [-0.39, 0.29) is 23.9 Å². The molecule has 1 aromatic carbocycles. The Balaban J connectivity index is 2.08. The second kappa shape index (κ2) is 6.47. The number of ether oxygens (including phenoxy) is 1. The lowest BCUT2D eigenvalue weighted by Crippen LogP contribution is -2.23. The summed E-state index contributed by atoms with van der Waals surface area (Å²) in [5.41, 5.74) is 0.726. The van der Waals surface area contributed by atoms with E-state index in [0.29, 0.717) is 10.0 Å². The standard InChI is InChI=1S/C12H10BrF2N3O2/c13-8-1-2-10(20-12(14)15)7(5-8)6-16-11(19)9-3-4-17-18-9/h1-5,12H,6H2,(H,16,19)(H,17,18). The number of aromatic amines is 1. The van der Waals surface area contributed by atoms with E-state index in [9.17, 15) is 13.6 Å². The van der Waals surface area contributed by atoms with E-state index in [0.717, 1.165) is 0 Å². The number of nitrogens with one attached hydrogen (secondary N) is 2. The van der Waals surface area contributed by atoms with E-state index in [1.807, 2.05) is 0 Å². The van der Waals surface area contributed by atoms with E-state index in [4.69, 9.17) is 0 Å². The van der Waals surface area contributed by atoms with E-state index >= 15 is 0 Å². The Bertz CT molecular complexity index is 590. The number of aromatic nitrogens is 2. The molecule has 8 heteroatoms. The summed E-state index contributed by atoms with van der Waals surface area (Å²) in [5, 5.41) is 8.75. The maximum atomic E-state index is 12.3. The average Bonchev–Trinajstić information content (AvgIpc) is 2.92. The minimum Gasteiger partial charge on any atom is -0.434 e. The Morgan fingerprint density at radius 3 is 2.90 bits per heavy atom. The highest BCUT2D eigenvalue weighted by Crippen LogP contribution is 2.24. The summed E-state index contributed by atoms with van der Waals surface area (Å²) in [7, 11) is 0. The molecule has 0 bridgehead atoms. The van der Waals surface area contributed by atoms with Gasteiger partial charge in [0.2, 0.25) is 0 Å². The third kappa shape index (κ3) is 3.77. The second-order valence-corrected chi connectivity index (χ2v) is 4.70. The van der Waals surface area contributed by atoms with Crippen molar-refractivity contribution in [2.45, 2.75) is 13.2 Å². The Kier molecular flexibility index (Phi) is 4.67. The van der Waals surface area contributed by atoms with Crippen molar-refractivity contribution in [2.24, 2.45) is 0 Å². The van der Waals surface area contributed by atoms with Crippen LogP contribution in [0.5, 0.6) is 5.75 Å². The third-order valence-corrected chi connectivity index (χ3v) is 2.92. The first kappa shape index (κ1) is 14.4. The molecule has 1 heterocycles. The summed E-state index contributed by atoms with van der Waals surface area (Å²) in [4.78, 5) is 11.7. The van der Waals surface area contributed by atoms with Crippen LogP contribution in [0.15, 0.2) is 34.9 Å².